The zero-order valence-electron chi connectivity index (χ0n) is 15.4. The molecular weight excluding hydrogens is 360 g/mol. The third kappa shape index (κ3) is 3.69. The number of aryl methyl sites for hydroxylation is 1. The monoisotopic (exact) mass is 382 g/mol. The van der Waals surface area contributed by atoms with Crippen molar-refractivity contribution >= 4 is 28.7 Å². The van der Waals surface area contributed by atoms with Crippen LogP contribution in [0.1, 0.15) is 54.7 Å². The van der Waals surface area contributed by atoms with Crippen LogP contribution in [0, 0.1) is 6.92 Å². The fraction of sp³-hybridized carbons (Fsp3) is 0.381. The molecule has 140 valence electrons. The van der Waals surface area contributed by atoms with Crippen LogP contribution in [0.25, 0.3) is 16.9 Å². The SMILES string of the molecule is Cc1nc2cccnc2n1-c1cc(C(=O)NC2CCCCCC2)ccc1Cl. The average molecular weight is 383 g/mol. The van der Waals surface area contributed by atoms with Crippen LogP contribution < -0.4 is 5.32 Å². The maximum atomic E-state index is 12.8. The molecule has 1 N–H and O–H groups in total. The molecule has 0 aliphatic heterocycles. The molecule has 2 aromatic heterocycles. The third-order valence-electron chi connectivity index (χ3n) is 5.22. The van der Waals surface area contributed by atoms with E-state index in [9.17, 15) is 4.79 Å². The first kappa shape index (κ1) is 18.0. The highest BCUT2D eigenvalue weighted by Crippen LogP contribution is 2.27. The molecule has 0 unspecified atom stereocenters. The molecule has 3 aromatic rings. The van der Waals surface area contributed by atoms with E-state index < -0.39 is 0 Å². The second-order valence-electron chi connectivity index (χ2n) is 7.17. The Morgan fingerprint density at radius 2 is 1.96 bits per heavy atom. The number of hydrogen-bond donors (Lipinski definition) is 1. The predicted octanol–water partition coefficient (Wildman–Crippen LogP) is 4.83. The number of halogens is 1. The fourth-order valence-corrected chi connectivity index (χ4v) is 4.03. The van der Waals surface area contributed by atoms with Gasteiger partial charge >= 0.3 is 0 Å². The summed E-state index contributed by atoms with van der Waals surface area (Å²) in [6.07, 6.45) is 8.74. The smallest absolute Gasteiger partial charge is 0.251 e. The first-order chi connectivity index (χ1) is 13.1. The van der Waals surface area contributed by atoms with E-state index in [0.717, 1.165) is 35.5 Å². The van der Waals surface area contributed by atoms with Crippen molar-refractivity contribution in [1.29, 1.82) is 0 Å². The van der Waals surface area contributed by atoms with Gasteiger partial charge in [-0.3, -0.25) is 9.36 Å². The van der Waals surface area contributed by atoms with E-state index >= 15 is 0 Å². The highest BCUT2D eigenvalue weighted by Gasteiger charge is 2.18. The Morgan fingerprint density at radius 3 is 2.74 bits per heavy atom. The number of nitrogens with one attached hydrogen (secondary N) is 1. The van der Waals surface area contributed by atoms with Crippen LogP contribution in [-0.4, -0.2) is 26.5 Å². The molecule has 0 saturated heterocycles. The summed E-state index contributed by atoms with van der Waals surface area (Å²) in [5.41, 5.74) is 2.87. The topological polar surface area (TPSA) is 59.8 Å². The van der Waals surface area contributed by atoms with Gasteiger partial charge in [0.15, 0.2) is 5.65 Å². The third-order valence-corrected chi connectivity index (χ3v) is 5.54. The number of nitrogens with zero attached hydrogens (tertiary/aromatic N) is 3. The number of aromatic nitrogens is 3. The van der Waals surface area contributed by atoms with Crippen LogP contribution in [-0.2, 0) is 0 Å². The van der Waals surface area contributed by atoms with Gasteiger partial charge in [-0.15, -0.1) is 0 Å². The van der Waals surface area contributed by atoms with E-state index in [1.165, 1.54) is 25.7 Å². The molecule has 0 bridgehead atoms. The maximum absolute atomic E-state index is 12.8. The number of imidazole rings is 1. The molecule has 2 heterocycles. The molecule has 0 radical (unpaired) electrons. The van der Waals surface area contributed by atoms with Gasteiger partial charge in [0.2, 0.25) is 0 Å². The van der Waals surface area contributed by atoms with Crippen LogP contribution in [0.5, 0.6) is 0 Å². The maximum Gasteiger partial charge on any atom is 0.251 e. The lowest BCUT2D eigenvalue weighted by Crippen LogP contribution is -2.34. The van der Waals surface area contributed by atoms with Crippen LogP contribution in [0.3, 0.4) is 0 Å². The highest BCUT2D eigenvalue weighted by molar-refractivity contribution is 6.32. The number of pyridine rings is 1. The van der Waals surface area contributed by atoms with Crippen molar-refractivity contribution < 1.29 is 4.79 Å². The minimum atomic E-state index is -0.0464. The molecule has 1 aliphatic rings. The lowest BCUT2D eigenvalue weighted by Gasteiger charge is -2.17. The van der Waals surface area contributed by atoms with Gasteiger partial charge in [0.25, 0.3) is 5.91 Å². The largest absolute Gasteiger partial charge is 0.349 e. The van der Waals surface area contributed by atoms with Gasteiger partial charge in [-0.1, -0.05) is 37.3 Å². The number of carbonyl (C=O) groups is 1. The molecule has 0 spiro atoms. The molecule has 6 heteroatoms. The number of amides is 1. The van der Waals surface area contributed by atoms with Gasteiger partial charge in [-0.2, -0.15) is 0 Å². The first-order valence-electron chi connectivity index (χ1n) is 9.54. The zero-order valence-corrected chi connectivity index (χ0v) is 16.2. The fourth-order valence-electron chi connectivity index (χ4n) is 3.83. The average Bonchev–Trinajstić information content (AvgIpc) is 2.81. The van der Waals surface area contributed by atoms with Gasteiger partial charge in [-0.05, 0) is 50.1 Å². The molecule has 1 fully saturated rings. The zero-order chi connectivity index (χ0) is 18.8. The van der Waals surface area contributed by atoms with Crippen molar-refractivity contribution in [3.63, 3.8) is 0 Å². The summed E-state index contributed by atoms with van der Waals surface area (Å²) in [5, 5.41) is 3.76. The van der Waals surface area contributed by atoms with E-state index in [-0.39, 0.29) is 11.9 Å². The van der Waals surface area contributed by atoms with Crippen molar-refractivity contribution in [3.05, 3.63) is 52.9 Å². The number of fused-ring (bicyclic) bond motifs is 1. The lowest BCUT2D eigenvalue weighted by atomic mass is 10.1. The summed E-state index contributed by atoms with van der Waals surface area (Å²) in [6, 6.07) is 9.42. The molecular formula is C21H23ClN4O. The van der Waals surface area contributed by atoms with Crippen molar-refractivity contribution in [3.8, 4) is 5.69 Å². The Balaban J connectivity index is 1.67. The van der Waals surface area contributed by atoms with Gasteiger partial charge in [0.05, 0.1) is 10.7 Å². The standard InChI is InChI=1S/C21H23ClN4O/c1-14-24-18-9-6-12-23-20(18)26(14)19-13-15(10-11-17(19)22)21(27)25-16-7-4-2-3-5-8-16/h6,9-13,16H,2-5,7-8H2,1H3,(H,25,27). The molecule has 27 heavy (non-hydrogen) atoms. The lowest BCUT2D eigenvalue weighted by molar-refractivity contribution is 0.0933. The van der Waals surface area contributed by atoms with Crippen LogP contribution in [0.15, 0.2) is 36.5 Å². The Kier molecular flexibility index (Phi) is 5.12. The van der Waals surface area contributed by atoms with Crippen LogP contribution >= 0.6 is 11.6 Å². The van der Waals surface area contributed by atoms with Gasteiger partial charge in [-0.25, -0.2) is 9.97 Å². The van der Waals surface area contributed by atoms with Crippen molar-refractivity contribution in [1.82, 2.24) is 19.9 Å². The van der Waals surface area contributed by atoms with E-state index in [1.807, 2.05) is 29.7 Å². The summed E-state index contributed by atoms with van der Waals surface area (Å²) in [5.74, 6) is 0.738. The van der Waals surface area contributed by atoms with E-state index in [1.54, 1.807) is 18.3 Å². The second kappa shape index (κ2) is 7.69. The summed E-state index contributed by atoms with van der Waals surface area (Å²) in [7, 11) is 0. The second-order valence-corrected chi connectivity index (χ2v) is 7.58. The Bertz CT molecular complexity index is 973. The van der Waals surface area contributed by atoms with E-state index in [2.05, 4.69) is 15.3 Å². The van der Waals surface area contributed by atoms with Gasteiger partial charge in [0.1, 0.15) is 11.3 Å². The Hall–Kier alpha value is -2.40. The summed E-state index contributed by atoms with van der Waals surface area (Å²) in [6.45, 7) is 1.91. The summed E-state index contributed by atoms with van der Waals surface area (Å²) in [4.78, 5) is 21.8. The number of rotatable bonds is 3. The molecule has 0 atom stereocenters. The number of benzene rings is 1. The number of hydrogen-bond acceptors (Lipinski definition) is 3. The normalized spacial score (nSPS) is 15.6. The molecule has 1 aromatic carbocycles. The molecule has 5 nitrogen and oxygen atoms in total. The first-order valence-corrected chi connectivity index (χ1v) is 9.92. The quantitative estimate of drug-likeness (QED) is 0.659. The van der Waals surface area contributed by atoms with Crippen molar-refractivity contribution in [2.45, 2.75) is 51.5 Å². The van der Waals surface area contributed by atoms with Crippen molar-refractivity contribution in [2.75, 3.05) is 0 Å². The molecule has 4 rings (SSSR count). The minimum absolute atomic E-state index is 0.0464. The molecule has 1 saturated carbocycles. The van der Waals surface area contributed by atoms with Crippen LogP contribution in [0.4, 0.5) is 0 Å². The van der Waals surface area contributed by atoms with Crippen LogP contribution in [0.2, 0.25) is 5.02 Å². The Labute approximate surface area is 163 Å². The van der Waals surface area contributed by atoms with Gasteiger partial charge < -0.3 is 5.32 Å². The van der Waals surface area contributed by atoms with E-state index in [4.69, 9.17) is 11.6 Å². The van der Waals surface area contributed by atoms with Crippen molar-refractivity contribution in [2.24, 2.45) is 0 Å². The molecule has 1 amide bonds. The molecule has 1 aliphatic carbocycles. The minimum Gasteiger partial charge on any atom is -0.349 e. The predicted molar refractivity (Wildman–Crippen MR) is 108 cm³/mol. The van der Waals surface area contributed by atoms with E-state index in [0.29, 0.717) is 10.6 Å². The van der Waals surface area contributed by atoms with Gasteiger partial charge in [0, 0.05) is 17.8 Å². The summed E-state index contributed by atoms with van der Waals surface area (Å²) < 4.78 is 1.90. The highest BCUT2D eigenvalue weighted by atomic mass is 35.5. The summed E-state index contributed by atoms with van der Waals surface area (Å²) >= 11 is 6.47. The Morgan fingerprint density at radius 1 is 1.19 bits per heavy atom. The number of carbonyl (C=O) groups excluding carboxylic acids is 1.